The Balaban J connectivity index is 3.93. The Labute approximate surface area is 65.7 Å². The van der Waals surface area contributed by atoms with Crippen LogP contribution in [-0.2, 0) is 19.0 Å². The van der Waals surface area contributed by atoms with Gasteiger partial charge in [0.15, 0.2) is 5.78 Å². The summed E-state index contributed by atoms with van der Waals surface area (Å²) in [5, 5.41) is 0. The average molecular weight is 160 g/mol. The standard InChI is InChI=1S/C7H12O4/c1-9-5-6(8)4-7(10-2)11-3/h4H,5H2,1-3H3. The number of carbonyl (C=O) groups is 1. The summed E-state index contributed by atoms with van der Waals surface area (Å²) in [5.41, 5.74) is 0. The Bertz CT molecular complexity index is 145. The number of ketones is 1. The van der Waals surface area contributed by atoms with Crippen LogP contribution in [0.1, 0.15) is 0 Å². The van der Waals surface area contributed by atoms with Gasteiger partial charge in [-0.1, -0.05) is 0 Å². The number of hydrogen-bond acceptors (Lipinski definition) is 4. The molecule has 0 aliphatic heterocycles. The minimum absolute atomic E-state index is 0.0379. The Morgan fingerprint density at radius 1 is 1.27 bits per heavy atom. The number of hydrogen-bond donors (Lipinski definition) is 0. The molecule has 0 aromatic rings. The number of methoxy groups -OCH3 is 3. The zero-order valence-corrected chi connectivity index (χ0v) is 6.92. The van der Waals surface area contributed by atoms with Crippen LogP contribution in [0.15, 0.2) is 12.0 Å². The molecule has 0 N–H and O–H groups in total. The van der Waals surface area contributed by atoms with E-state index in [-0.39, 0.29) is 18.3 Å². The second-order valence-electron chi connectivity index (χ2n) is 1.77. The topological polar surface area (TPSA) is 44.8 Å². The highest BCUT2D eigenvalue weighted by Gasteiger charge is 2.00. The molecule has 0 unspecified atom stereocenters. The monoisotopic (exact) mass is 160 g/mol. The first-order valence-electron chi connectivity index (χ1n) is 3.06. The summed E-state index contributed by atoms with van der Waals surface area (Å²) >= 11 is 0. The van der Waals surface area contributed by atoms with Crippen molar-refractivity contribution in [2.24, 2.45) is 0 Å². The molecule has 0 aliphatic rings. The summed E-state index contributed by atoms with van der Waals surface area (Å²) < 4.78 is 13.9. The highest BCUT2D eigenvalue weighted by atomic mass is 16.7. The van der Waals surface area contributed by atoms with Crippen molar-refractivity contribution in [2.75, 3.05) is 27.9 Å². The summed E-state index contributed by atoms with van der Waals surface area (Å²) in [6, 6.07) is 0. The van der Waals surface area contributed by atoms with Crippen molar-refractivity contribution >= 4 is 5.78 Å². The SMILES string of the molecule is COCC(=O)C=C(OC)OC. The molecule has 0 saturated heterocycles. The summed E-state index contributed by atoms with van der Waals surface area (Å²) in [7, 11) is 4.30. The zero-order chi connectivity index (χ0) is 8.69. The quantitative estimate of drug-likeness (QED) is 0.429. The molecule has 0 fully saturated rings. The summed E-state index contributed by atoms with van der Waals surface area (Å²) in [4.78, 5) is 10.8. The number of rotatable bonds is 5. The van der Waals surface area contributed by atoms with Crippen molar-refractivity contribution < 1.29 is 19.0 Å². The predicted octanol–water partition coefficient (Wildman–Crippen LogP) is 0.336. The van der Waals surface area contributed by atoms with E-state index >= 15 is 0 Å². The van der Waals surface area contributed by atoms with Crippen LogP contribution in [0, 0.1) is 0 Å². The molecule has 0 atom stereocenters. The van der Waals surface area contributed by atoms with Gasteiger partial charge < -0.3 is 14.2 Å². The third-order valence-electron chi connectivity index (χ3n) is 0.968. The van der Waals surface area contributed by atoms with Crippen molar-refractivity contribution in [3.8, 4) is 0 Å². The first-order valence-corrected chi connectivity index (χ1v) is 3.06. The highest BCUT2D eigenvalue weighted by molar-refractivity contribution is 5.90. The Hall–Kier alpha value is -1.03. The van der Waals surface area contributed by atoms with E-state index in [1.807, 2.05) is 0 Å². The molecule has 0 spiro atoms. The minimum Gasteiger partial charge on any atom is -0.469 e. The van der Waals surface area contributed by atoms with Crippen LogP contribution in [0.2, 0.25) is 0 Å². The first kappa shape index (κ1) is 9.97. The Morgan fingerprint density at radius 3 is 2.18 bits per heavy atom. The van der Waals surface area contributed by atoms with Gasteiger partial charge >= 0.3 is 0 Å². The highest BCUT2D eigenvalue weighted by Crippen LogP contribution is 1.95. The van der Waals surface area contributed by atoms with E-state index in [9.17, 15) is 4.79 Å². The second kappa shape index (κ2) is 5.73. The van der Waals surface area contributed by atoms with Gasteiger partial charge in [0.2, 0.25) is 0 Å². The van der Waals surface area contributed by atoms with Crippen molar-refractivity contribution in [1.29, 1.82) is 0 Å². The van der Waals surface area contributed by atoms with Crippen LogP contribution in [0.25, 0.3) is 0 Å². The van der Waals surface area contributed by atoms with E-state index in [2.05, 4.69) is 14.2 Å². The van der Waals surface area contributed by atoms with Gasteiger partial charge in [0.05, 0.1) is 20.3 Å². The van der Waals surface area contributed by atoms with Crippen molar-refractivity contribution in [3.63, 3.8) is 0 Å². The molecule has 0 aromatic carbocycles. The smallest absolute Gasteiger partial charge is 0.282 e. The Morgan fingerprint density at radius 2 is 1.82 bits per heavy atom. The number of carbonyl (C=O) groups excluding carboxylic acids is 1. The van der Waals surface area contributed by atoms with Crippen LogP contribution in [0.5, 0.6) is 0 Å². The second-order valence-corrected chi connectivity index (χ2v) is 1.77. The summed E-state index contributed by atoms with van der Waals surface area (Å²) in [6.45, 7) is 0.0379. The van der Waals surface area contributed by atoms with E-state index in [0.29, 0.717) is 0 Å². The molecule has 0 aliphatic carbocycles. The first-order chi connectivity index (χ1) is 5.24. The van der Waals surface area contributed by atoms with Crippen LogP contribution in [0.4, 0.5) is 0 Å². The molecular formula is C7H12O4. The van der Waals surface area contributed by atoms with Gasteiger partial charge in [-0.05, 0) is 0 Å². The molecular weight excluding hydrogens is 148 g/mol. The van der Waals surface area contributed by atoms with Gasteiger partial charge in [-0.2, -0.15) is 0 Å². The fraction of sp³-hybridized carbons (Fsp3) is 0.571. The average Bonchev–Trinajstić information content (AvgIpc) is 2.01. The molecule has 0 radical (unpaired) electrons. The third-order valence-corrected chi connectivity index (χ3v) is 0.968. The fourth-order valence-electron chi connectivity index (χ4n) is 0.517. The van der Waals surface area contributed by atoms with Crippen molar-refractivity contribution in [1.82, 2.24) is 0 Å². The molecule has 64 valence electrons. The maximum Gasteiger partial charge on any atom is 0.282 e. The molecule has 0 amide bonds. The lowest BCUT2D eigenvalue weighted by molar-refractivity contribution is -0.118. The molecule has 0 aromatic heterocycles. The third kappa shape index (κ3) is 4.38. The van der Waals surface area contributed by atoms with Gasteiger partial charge in [0.25, 0.3) is 5.95 Å². The van der Waals surface area contributed by atoms with E-state index in [0.717, 1.165) is 0 Å². The summed E-state index contributed by atoms with van der Waals surface area (Å²) in [6.07, 6.45) is 1.24. The molecule has 0 rings (SSSR count). The lowest BCUT2D eigenvalue weighted by atomic mass is 10.4. The van der Waals surface area contributed by atoms with Crippen LogP contribution in [-0.4, -0.2) is 33.7 Å². The largest absolute Gasteiger partial charge is 0.469 e. The molecule has 0 bridgehead atoms. The lowest BCUT2D eigenvalue weighted by Crippen LogP contribution is -2.05. The molecule has 0 heterocycles. The summed E-state index contributed by atoms with van der Waals surface area (Å²) in [5.74, 6) is -0.00162. The van der Waals surface area contributed by atoms with E-state index in [4.69, 9.17) is 0 Å². The molecule has 4 nitrogen and oxygen atoms in total. The number of ether oxygens (including phenoxy) is 3. The van der Waals surface area contributed by atoms with E-state index in [1.54, 1.807) is 0 Å². The van der Waals surface area contributed by atoms with E-state index < -0.39 is 0 Å². The molecule has 4 heteroatoms. The minimum atomic E-state index is -0.189. The lowest BCUT2D eigenvalue weighted by Gasteiger charge is -2.01. The molecule has 11 heavy (non-hydrogen) atoms. The normalized spacial score (nSPS) is 8.64. The van der Waals surface area contributed by atoms with Crippen molar-refractivity contribution in [2.45, 2.75) is 0 Å². The van der Waals surface area contributed by atoms with Crippen LogP contribution in [0.3, 0.4) is 0 Å². The van der Waals surface area contributed by atoms with Gasteiger partial charge in [-0.25, -0.2) is 0 Å². The van der Waals surface area contributed by atoms with Gasteiger partial charge in [-0.15, -0.1) is 0 Å². The molecule has 0 saturated carbocycles. The van der Waals surface area contributed by atoms with E-state index in [1.165, 1.54) is 27.4 Å². The van der Waals surface area contributed by atoms with Gasteiger partial charge in [0.1, 0.15) is 6.61 Å². The van der Waals surface area contributed by atoms with Gasteiger partial charge in [-0.3, -0.25) is 4.79 Å². The zero-order valence-electron chi connectivity index (χ0n) is 6.92. The van der Waals surface area contributed by atoms with Crippen molar-refractivity contribution in [3.05, 3.63) is 12.0 Å². The van der Waals surface area contributed by atoms with Gasteiger partial charge in [0, 0.05) is 7.11 Å². The Kier molecular flexibility index (Phi) is 5.20. The predicted molar refractivity (Wildman–Crippen MR) is 39.0 cm³/mol. The van der Waals surface area contributed by atoms with Crippen LogP contribution < -0.4 is 0 Å². The maximum atomic E-state index is 10.8. The maximum absolute atomic E-state index is 10.8. The fourth-order valence-corrected chi connectivity index (χ4v) is 0.517. The van der Waals surface area contributed by atoms with Crippen LogP contribution >= 0.6 is 0 Å².